The zero-order valence-corrected chi connectivity index (χ0v) is 18.7. The highest BCUT2D eigenvalue weighted by molar-refractivity contribution is 5.94. The van der Waals surface area contributed by atoms with Crippen LogP contribution in [-0.4, -0.2) is 43.2 Å². The molecule has 7 heteroatoms. The first-order valence-electron chi connectivity index (χ1n) is 10.8. The zero-order chi connectivity index (χ0) is 22.5. The Bertz CT molecular complexity index is 1080. The second kappa shape index (κ2) is 9.68. The van der Waals surface area contributed by atoms with Gasteiger partial charge in [0.15, 0.2) is 5.82 Å². The number of nitrogens with zero attached hydrogens (tertiary/aromatic N) is 3. The average molecular weight is 433 g/mol. The molecule has 1 aliphatic rings. The van der Waals surface area contributed by atoms with Crippen molar-refractivity contribution in [3.63, 3.8) is 0 Å². The molecule has 1 fully saturated rings. The molecule has 0 bridgehead atoms. The number of aryl methyl sites for hydroxylation is 1. The monoisotopic (exact) mass is 432 g/mol. The number of aromatic nitrogens is 2. The van der Waals surface area contributed by atoms with Gasteiger partial charge in [0, 0.05) is 30.9 Å². The predicted octanol–water partition coefficient (Wildman–Crippen LogP) is 4.32. The van der Waals surface area contributed by atoms with Gasteiger partial charge in [-0.3, -0.25) is 4.79 Å². The molecule has 0 unspecified atom stereocenters. The van der Waals surface area contributed by atoms with E-state index in [1.165, 1.54) is 5.56 Å². The molecule has 0 aliphatic carbocycles. The number of carbonyl (C=O) groups excluding carboxylic acids is 1. The maximum absolute atomic E-state index is 13.0. The van der Waals surface area contributed by atoms with Gasteiger partial charge < -0.3 is 19.7 Å². The topological polar surface area (TPSA) is 76.6 Å². The summed E-state index contributed by atoms with van der Waals surface area (Å²) in [5.41, 5.74) is 2.82. The normalized spacial score (nSPS) is 15.8. The van der Waals surface area contributed by atoms with Crippen molar-refractivity contribution in [2.75, 3.05) is 37.5 Å². The lowest BCUT2D eigenvalue weighted by atomic mass is 9.97. The number of hydrogen-bond acceptors (Lipinski definition) is 6. The number of hydrogen-bond donors (Lipinski definition) is 1. The molecule has 4 rings (SSSR count). The van der Waals surface area contributed by atoms with Gasteiger partial charge in [-0.05, 0) is 38.0 Å². The number of anilines is 2. The number of rotatable bonds is 6. The summed E-state index contributed by atoms with van der Waals surface area (Å²) >= 11 is 0. The SMILES string of the molecule is COc1ccc(NC(=O)[C@@H]2CCCN(c3ccnc(-c4ccc(C)cc4)n3)C2)c(OC)c1. The van der Waals surface area contributed by atoms with Crippen LogP contribution in [-0.2, 0) is 4.79 Å². The first kappa shape index (κ1) is 21.6. The Balaban J connectivity index is 1.47. The van der Waals surface area contributed by atoms with E-state index in [2.05, 4.69) is 34.3 Å². The quantitative estimate of drug-likeness (QED) is 0.625. The van der Waals surface area contributed by atoms with E-state index < -0.39 is 0 Å². The summed E-state index contributed by atoms with van der Waals surface area (Å²) in [4.78, 5) is 24.4. The van der Waals surface area contributed by atoms with E-state index in [9.17, 15) is 4.79 Å². The van der Waals surface area contributed by atoms with E-state index in [1.54, 1.807) is 38.6 Å². The molecule has 0 radical (unpaired) electrons. The molecule has 1 aliphatic heterocycles. The van der Waals surface area contributed by atoms with Crippen molar-refractivity contribution in [3.05, 3.63) is 60.3 Å². The molecule has 32 heavy (non-hydrogen) atoms. The first-order chi connectivity index (χ1) is 15.6. The van der Waals surface area contributed by atoms with E-state index in [1.807, 2.05) is 18.2 Å². The summed E-state index contributed by atoms with van der Waals surface area (Å²) in [6.07, 6.45) is 3.53. The third-order valence-electron chi connectivity index (χ3n) is 5.73. The Labute approximate surface area is 188 Å². The second-order valence-electron chi connectivity index (χ2n) is 7.95. The maximum Gasteiger partial charge on any atom is 0.229 e. The van der Waals surface area contributed by atoms with Crippen molar-refractivity contribution in [1.29, 1.82) is 0 Å². The third kappa shape index (κ3) is 4.82. The van der Waals surface area contributed by atoms with Gasteiger partial charge in [-0.2, -0.15) is 0 Å². The van der Waals surface area contributed by atoms with Crippen molar-refractivity contribution >= 4 is 17.4 Å². The van der Waals surface area contributed by atoms with Crippen LogP contribution >= 0.6 is 0 Å². The largest absolute Gasteiger partial charge is 0.497 e. The number of benzene rings is 2. The molecule has 1 N–H and O–H groups in total. The van der Waals surface area contributed by atoms with E-state index in [4.69, 9.17) is 14.5 Å². The van der Waals surface area contributed by atoms with E-state index in [0.717, 1.165) is 30.8 Å². The predicted molar refractivity (Wildman–Crippen MR) is 125 cm³/mol. The van der Waals surface area contributed by atoms with Gasteiger partial charge in [-0.1, -0.05) is 29.8 Å². The van der Waals surface area contributed by atoms with Crippen LogP contribution in [0.2, 0.25) is 0 Å². The molecule has 2 aromatic carbocycles. The van der Waals surface area contributed by atoms with E-state index >= 15 is 0 Å². The number of amides is 1. The van der Waals surface area contributed by atoms with Crippen LogP contribution < -0.4 is 19.7 Å². The van der Waals surface area contributed by atoms with Crippen molar-refractivity contribution in [1.82, 2.24) is 9.97 Å². The fraction of sp³-hybridized carbons (Fsp3) is 0.320. The molecular weight excluding hydrogens is 404 g/mol. The third-order valence-corrected chi connectivity index (χ3v) is 5.73. The first-order valence-corrected chi connectivity index (χ1v) is 10.8. The highest BCUT2D eigenvalue weighted by atomic mass is 16.5. The summed E-state index contributed by atoms with van der Waals surface area (Å²) in [5, 5.41) is 3.02. The number of nitrogens with one attached hydrogen (secondary N) is 1. The molecule has 1 amide bonds. The molecular formula is C25H28N4O3. The van der Waals surface area contributed by atoms with Gasteiger partial charge in [0.2, 0.25) is 5.91 Å². The average Bonchev–Trinajstić information content (AvgIpc) is 2.85. The van der Waals surface area contributed by atoms with Crippen molar-refractivity contribution in [2.45, 2.75) is 19.8 Å². The van der Waals surface area contributed by atoms with Gasteiger partial charge in [0.1, 0.15) is 17.3 Å². The van der Waals surface area contributed by atoms with Gasteiger partial charge in [0.25, 0.3) is 0 Å². The lowest BCUT2D eigenvalue weighted by Crippen LogP contribution is -2.41. The lowest BCUT2D eigenvalue weighted by molar-refractivity contribution is -0.120. The van der Waals surface area contributed by atoms with Crippen LogP contribution in [0.15, 0.2) is 54.7 Å². The van der Waals surface area contributed by atoms with Crippen LogP contribution in [0.1, 0.15) is 18.4 Å². The molecule has 7 nitrogen and oxygen atoms in total. The molecule has 3 aromatic rings. The highest BCUT2D eigenvalue weighted by Crippen LogP contribution is 2.30. The molecule has 1 aromatic heterocycles. The smallest absolute Gasteiger partial charge is 0.229 e. The zero-order valence-electron chi connectivity index (χ0n) is 18.7. The summed E-state index contributed by atoms with van der Waals surface area (Å²) in [7, 11) is 3.18. The Morgan fingerprint density at radius 2 is 1.91 bits per heavy atom. The maximum atomic E-state index is 13.0. The Hall–Kier alpha value is -3.61. The number of carbonyl (C=O) groups is 1. The van der Waals surface area contributed by atoms with Crippen LogP contribution in [0.25, 0.3) is 11.4 Å². The second-order valence-corrected chi connectivity index (χ2v) is 7.95. The molecule has 1 atom stereocenters. The molecule has 0 saturated carbocycles. The fourth-order valence-electron chi connectivity index (χ4n) is 3.90. The minimum atomic E-state index is -0.145. The molecule has 166 valence electrons. The minimum Gasteiger partial charge on any atom is -0.497 e. The Morgan fingerprint density at radius 1 is 1.09 bits per heavy atom. The minimum absolute atomic E-state index is 0.0222. The van der Waals surface area contributed by atoms with Crippen LogP contribution in [0.3, 0.4) is 0 Å². The van der Waals surface area contributed by atoms with Gasteiger partial charge in [0.05, 0.1) is 25.8 Å². The van der Waals surface area contributed by atoms with Gasteiger partial charge in [-0.25, -0.2) is 9.97 Å². The summed E-state index contributed by atoms with van der Waals surface area (Å²) in [6, 6.07) is 15.4. The summed E-state index contributed by atoms with van der Waals surface area (Å²) in [5.74, 6) is 2.62. The van der Waals surface area contributed by atoms with Crippen molar-refractivity contribution in [3.8, 4) is 22.9 Å². The number of methoxy groups -OCH3 is 2. The lowest BCUT2D eigenvalue weighted by Gasteiger charge is -2.33. The summed E-state index contributed by atoms with van der Waals surface area (Å²) in [6.45, 7) is 3.52. The van der Waals surface area contributed by atoms with Crippen LogP contribution in [0.4, 0.5) is 11.5 Å². The van der Waals surface area contributed by atoms with Crippen LogP contribution in [0.5, 0.6) is 11.5 Å². The fourth-order valence-corrected chi connectivity index (χ4v) is 3.90. The number of ether oxygens (including phenoxy) is 2. The van der Waals surface area contributed by atoms with Gasteiger partial charge >= 0.3 is 0 Å². The van der Waals surface area contributed by atoms with E-state index in [-0.39, 0.29) is 11.8 Å². The van der Waals surface area contributed by atoms with Crippen molar-refractivity contribution < 1.29 is 14.3 Å². The van der Waals surface area contributed by atoms with E-state index in [0.29, 0.717) is 29.6 Å². The molecule has 0 spiro atoms. The molecule has 2 heterocycles. The number of piperidine rings is 1. The Morgan fingerprint density at radius 3 is 2.66 bits per heavy atom. The summed E-state index contributed by atoms with van der Waals surface area (Å²) < 4.78 is 10.6. The Kier molecular flexibility index (Phi) is 6.54. The highest BCUT2D eigenvalue weighted by Gasteiger charge is 2.27. The molecule has 1 saturated heterocycles. The van der Waals surface area contributed by atoms with Crippen LogP contribution in [0, 0.1) is 12.8 Å². The van der Waals surface area contributed by atoms with Gasteiger partial charge in [-0.15, -0.1) is 0 Å². The standard InChI is InChI=1S/C25H28N4O3/c1-17-6-8-18(9-7-17)24-26-13-12-23(28-24)29-14-4-5-19(16-29)25(30)27-21-11-10-20(31-2)15-22(21)32-3/h6-13,15,19H,4-5,14,16H2,1-3H3,(H,27,30)/t19-/m1/s1. The van der Waals surface area contributed by atoms with Crippen molar-refractivity contribution in [2.24, 2.45) is 5.92 Å².